The number of nitrogens with two attached hydrogens (primary N) is 1. The molecule has 7 nitrogen and oxygen atoms in total. The molecule has 0 unspecified atom stereocenters. The zero-order chi connectivity index (χ0) is 23.0. The van der Waals surface area contributed by atoms with E-state index in [0.717, 1.165) is 48.9 Å². The molecule has 1 aliphatic heterocycles. The summed E-state index contributed by atoms with van der Waals surface area (Å²) < 4.78 is 29.2. The van der Waals surface area contributed by atoms with E-state index in [4.69, 9.17) is 9.88 Å². The smallest absolute Gasteiger partial charge is 0.411 e. The Balaban J connectivity index is 1.31. The Morgan fingerprint density at radius 2 is 1.82 bits per heavy atom. The summed E-state index contributed by atoms with van der Waals surface area (Å²) in [5, 5.41) is 11.8. The lowest BCUT2D eigenvalue weighted by molar-refractivity contribution is 0.0865. The van der Waals surface area contributed by atoms with Gasteiger partial charge in [-0.3, -0.25) is 5.32 Å². The van der Waals surface area contributed by atoms with Crippen LogP contribution in [-0.4, -0.2) is 20.6 Å². The van der Waals surface area contributed by atoms with Crippen molar-refractivity contribution in [1.29, 1.82) is 0 Å². The Labute approximate surface area is 194 Å². The number of sulfonamides is 1. The van der Waals surface area contributed by atoms with E-state index in [0.29, 0.717) is 5.69 Å². The van der Waals surface area contributed by atoms with Crippen molar-refractivity contribution in [2.75, 3.05) is 10.6 Å². The van der Waals surface area contributed by atoms with Gasteiger partial charge in [0.2, 0.25) is 10.0 Å². The highest BCUT2D eigenvalue weighted by molar-refractivity contribution is 7.89. The Bertz CT molecular complexity index is 1170. The molecule has 2 aromatic carbocycles. The molecule has 33 heavy (non-hydrogen) atoms. The minimum absolute atomic E-state index is 0.0195. The van der Waals surface area contributed by atoms with Crippen molar-refractivity contribution < 1.29 is 17.9 Å². The lowest BCUT2D eigenvalue weighted by Gasteiger charge is -2.37. The minimum Gasteiger partial charge on any atom is -0.446 e. The van der Waals surface area contributed by atoms with Crippen LogP contribution in [0.4, 0.5) is 16.2 Å². The van der Waals surface area contributed by atoms with Crippen LogP contribution in [0, 0.1) is 5.92 Å². The molecule has 2 aromatic rings. The van der Waals surface area contributed by atoms with Gasteiger partial charge in [0.05, 0.1) is 10.9 Å². The fraction of sp³-hybridized carbons (Fsp3) is 0.400. The lowest BCUT2D eigenvalue weighted by atomic mass is 9.77. The lowest BCUT2D eigenvalue weighted by Crippen LogP contribution is -2.29. The standard InChI is InChI=1S/C25H29N3O4S/c26-33(30,31)19-13-14-23-22(15-19)20-7-4-8-21(20)24(28-23)16-9-11-17(12-10-16)27-25(29)32-18-5-2-1-3-6-18/h4,7,9-15,18,20-21,24,28H,1-3,5-6,8H2,(H,27,29)(H2,26,30,31)/t20-,21+,24+/m0/s1. The molecule has 8 heteroatoms. The van der Waals surface area contributed by atoms with Gasteiger partial charge in [-0.25, -0.2) is 18.4 Å². The number of primary sulfonamides is 1. The van der Waals surface area contributed by atoms with Gasteiger partial charge in [0.15, 0.2) is 0 Å². The van der Waals surface area contributed by atoms with Crippen molar-refractivity contribution in [1.82, 2.24) is 0 Å². The van der Waals surface area contributed by atoms with E-state index in [9.17, 15) is 13.2 Å². The molecule has 1 heterocycles. The topological polar surface area (TPSA) is 111 Å². The number of anilines is 2. The van der Waals surface area contributed by atoms with E-state index in [-0.39, 0.29) is 28.9 Å². The first-order valence-electron chi connectivity index (χ1n) is 11.6. The summed E-state index contributed by atoms with van der Waals surface area (Å²) in [6, 6.07) is 12.9. The van der Waals surface area contributed by atoms with Crippen LogP contribution in [0.5, 0.6) is 0 Å². The van der Waals surface area contributed by atoms with Gasteiger partial charge < -0.3 is 10.1 Å². The molecule has 3 atom stereocenters. The molecule has 1 saturated carbocycles. The van der Waals surface area contributed by atoms with Gasteiger partial charge in [-0.2, -0.15) is 0 Å². The maximum Gasteiger partial charge on any atom is 0.411 e. The number of ether oxygens (including phenoxy) is 1. The zero-order valence-corrected chi connectivity index (χ0v) is 19.2. The Hall–Kier alpha value is -2.84. The highest BCUT2D eigenvalue weighted by Gasteiger charge is 2.38. The van der Waals surface area contributed by atoms with Crippen LogP contribution < -0.4 is 15.8 Å². The fourth-order valence-electron chi connectivity index (χ4n) is 5.33. The quantitative estimate of drug-likeness (QED) is 0.546. The van der Waals surface area contributed by atoms with Gasteiger partial charge in [-0.05, 0) is 79.5 Å². The summed E-state index contributed by atoms with van der Waals surface area (Å²) >= 11 is 0. The number of amides is 1. The maximum atomic E-state index is 12.2. The summed E-state index contributed by atoms with van der Waals surface area (Å²) in [6.07, 6.45) is 10.2. The number of carbonyl (C=O) groups is 1. The van der Waals surface area contributed by atoms with Gasteiger partial charge in [0.1, 0.15) is 6.10 Å². The van der Waals surface area contributed by atoms with Gasteiger partial charge in [-0.15, -0.1) is 0 Å². The second kappa shape index (κ2) is 8.83. The molecule has 3 aliphatic rings. The molecule has 174 valence electrons. The second-order valence-electron chi connectivity index (χ2n) is 9.18. The summed E-state index contributed by atoms with van der Waals surface area (Å²) in [7, 11) is -3.75. The van der Waals surface area contributed by atoms with Crippen molar-refractivity contribution in [3.05, 3.63) is 65.7 Å². The Morgan fingerprint density at radius 1 is 1.06 bits per heavy atom. The first-order valence-corrected chi connectivity index (χ1v) is 13.1. The predicted octanol–water partition coefficient (Wildman–Crippen LogP) is 5.04. The number of allylic oxidation sites excluding steroid dienone is 2. The molecule has 5 rings (SSSR count). The monoisotopic (exact) mass is 467 g/mol. The highest BCUT2D eigenvalue weighted by atomic mass is 32.2. The molecule has 0 saturated heterocycles. The van der Waals surface area contributed by atoms with Gasteiger partial charge in [-0.1, -0.05) is 30.7 Å². The molecule has 0 aromatic heterocycles. The number of rotatable bonds is 4. The molecule has 2 aliphatic carbocycles. The normalized spacial score (nSPS) is 24.5. The summed E-state index contributed by atoms with van der Waals surface area (Å²) in [4.78, 5) is 12.4. The number of benzene rings is 2. The molecule has 0 radical (unpaired) electrons. The van der Waals surface area contributed by atoms with Crippen molar-refractivity contribution in [3.63, 3.8) is 0 Å². The van der Waals surface area contributed by atoms with E-state index in [1.165, 1.54) is 6.42 Å². The largest absolute Gasteiger partial charge is 0.446 e. The van der Waals surface area contributed by atoms with E-state index >= 15 is 0 Å². The molecule has 1 fully saturated rings. The van der Waals surface area contributed by atoms with Crippen LogP contribution in [0.2, 0.25) is 0 Å². The first kappa shape index (κ1) is 22.0. The second-order valence-corrected chi connectivity index (χ2v) is 10.7. The molecular weight excluding hydrogens is 438 g/mol. The van der Waals surface area contributed by atoms with Crippen LogP contribution in [0.3, 0.4) is 0 Å². The van der Waals surface area contributed by atoms with Gasteiger partial charge in [0.25, 0.3) is 0 Å². The van der Waals surface area contributed by atoms with E-state index in [1.807, 2.05) is 24.3 Å². The molecule has 0 spiro atoms. The van der Waals surface area contributed by atoms with Crippen molar-refractivity contribution in [3.8, 4) is 0 Å². The van der Waals surface area contributed by atoms with Crippen LogP contribution in [0.1, 0.15) is 61.6 Å². The SMILES string of the molecule is NS(=O)(=O)c1ccc2c(c1)[C@H]1C=CC[C@H]1[C@@H](c1ccc(NC(=O)OC3CCCCC3)cc1)N2. The third kappa shape index (κ3) is 4.63. The van der Waals surface area contributed by atoms with Gasteiger partial charge >= 0.3 is 6.09 Å². The number of carbonyl (C=O) groups excluding carboxylic acids is 1. The van der Waals surface area contributed by atoms with Gasteiger partial charge in [0, 0.05) is 17.3 Å². The Kier molecular flexibility index (Phi) is 5.88. The first-order chi connectivity index (χ1) is 15.9. The van der Waals surface area contributed by atoms with Crippen LogP contribution in [-0.2, 0) is 14.8 Å². The molecule has 4 N–H and O–H groups in total. The predicted molar refractivity (Wildman–Crippen MR) is 128 cm³/mol. The van der Waals surface area contributed by atoms with Crippen molar-refractivity contribution in [2.45, 2.75) is 61.5 Å². The number of fused-ring (bicyclic) bond motifs is 3. The minimum atomic E-state index is -3.75. The van der Waals surface area contributed by atoms with E-state index in [1.54, 1.807) is 18.2 Å². The van der Waals surface area contributed by atoms with Crippen LogP contribution in [0.15, 0.2) is 59.5 Å². The Morgan fingerprint density at radius 3 is 2.55 bits per heavy atom. The number of hydrogen-bond acceptors (Lipinski definition) is 5. The molecular formula is C25H29N3O4S. The fourth-order valence-corrected chi connectivity index (χ4v) is 5.88. The average Bonchev–Trinajstić information content (AvgIpc) is 3.29. The highest BCUT2D eigenvalue weighted by Crippen LogP contribution is 2.50. The third-order valence-corrected chi connectivity index (χ3v) is 7.92. The maximum absolute atomic E-state index is 12.2. The summed E-state index contributed by atoms with van der Waals surface area (Å²) in [6.45, 7) is 0. The van der Waals surface area contributed by atoms with Crippen molar-refractivity contribution in [2.24, 2.45) is 11.1 Å². The van der Waals surface area contributed by atoms with E-state index < -0.39 is 16.1 Å². The average molecular weight is 468 g/mol. The zero-order valence-electron chi connectivity index (χ0n) is 18.4. The van der Waals surface area contributed by atoms with Crippen molar-refractivity contribution >= 4 is 27.5 Å². The third-order valence-electron chi connectivity index (χ3n) is 7.00. The van der Waals surface area contributed by atoms with Crippen LogP contribution >= 0.6 is 0 Å². The van der Waals surface area contributed by atoms with Crippen LogP contribution in [0.25, 0.3) is 0 Å². The van der Waals surface area contributed by atoms with E-state index in [2.05, 4.69) is 22.8 Å². The number of hydrogen-bond donors (Lipinski definition) is 3. The molecule has 0 bridgehead atoms. The molecule has 1 amide bonds. The number of nitrogens with one attached hydrogen (secondary N) is 2. The summed E-state index contributed by atoms with van der Waals surface area (Å²) in [5.41, 5.74) is 3.69. The summed E-state index contributed by atoms with van der Waals surface area (Å²) in [5.74, 6) is 0.388.